The molecule has 0 aliphatic heterocycles. The SMILES string of the molecule is COc1ccccc1NC(=O)COC(=O)c1cc2c(C)nn(-c3cccc(Cl)c3)c2s1. The molecule has 2 aromatic carbocycles. The molecule has 9 heteroatoms. The third-order valence-electron chi connectivity index (χ3n) is 4.51. The fourth-order valence-electron chi connectivity index (χ4n) is 3.07. The maximum atomic E-state index is 12.5. The highest BCUT2D eigenvalue weighted by Crippen LogP contribution is 2.31. The Balaban J connectivity index is 1.48. The second-order valence-corrected chi connectivity index (χ2v) is 8.10. The Morgan fingerprint density at radius 3 is 2.74 bits per heavy atom. The number of fused-ring (bicyclic) bond motifs is 1. The molecule has 0 spiro atoms. The van der Waals surface area contributed by atoms with Crippen LogP contribution in [0.3, 0.4) is 0 Å². The minimum atomic E-state index is -0.576. The molecule has 0 aliphatic carbocycles. The Labute approximate surface area is 187 Å². The fourth-order valence-corrected chi connectivity index (χ4v) is 4.33. The number of nitrogens with one attached hydrogen (secondary N) is 1. The van der Waals surface area contributed by atoms with Crippen LogP contribution in [0.5, 0.6) is 5.75 Å². The predicted molar refractivity (Wildman–Crippen MR) is 121 cm³/mol. The average Bonchev–Trinajstić information content (AvgIpc) is 3.33. The van der Waals surface area contributed by atoms with E-state index in [4.69, 9.17) is 21.1 Å². The molecular formula is C22H18ClN3O4S. The normalized spacial score (nSPS) is 10.8. The number of benzene rings is 2. The van der Waals surface area contributed by atoms with Crippen LogP contribution < -0.4 is 10.1 Å². The zero-order valence-electron chi connectivity index (χ0n) is 16.7. The van der Waals surface area contributed by atoms with Gasteiger partial charge in [-0.15, -0.1) is 11.3 Å². The molecule has 4 rings (SSSR count). The van der Waals surface area contributed by atoms with Crippen molar-refractivity contribution in [3.05, 3.63) is 70.2 Å². The van der Waals surface area contributed by atoms with E-state index in [1.165, 1.54) is 18.4 Å². The number of para-hydroxylation sites is 2. The van der Waals surface area contributed by atoms with Gasteiger partial charge in [0.15, 0.2) is 6.61 Å². The minimum Gasteiger partial charge on any atom is -0.495 e. The number of nitrogens with zero attached hydrogens (tertiary/aromatic N) is 2. The van der Waals surface area contributed by atoms with Gasteiger partial charge < -0.3 is 14.8 Å². The van der Waals surface area contributed by atoms with Crippen LogP contribution in [0.15, 0.2) is 54.6 Å². The first-order valence-corrected chi connectivity index (χ1v) is 10.5. The lowest BCUT2D eigenvalue weighted by atomic mass is 10.3. The van der Waals surface area contributed by atoms with Gasteiger partial charge in [0, 0.05) is 10.4 Å². The van der Waals surface area contributed by atoms with E-state index in [1.54, 1.807) is 47.1 Å². The zero-order chi connectivity index (χ0) is 22.0. The molecule has 0 bridgehead atoms. The summed E-state index contributed by atoms with van der Waals surface area (Å²) >= 11 is 7.35. The van der Waals surface area contributed by atoms with Gasteiger partial charge in [-0.1, -0.05) is 29.8 Å². The topological polar surface area (TPSA) is 82.4 Å². The number of aryl methyl sites for hydroxylation is 1. The van der Waals surface area contributed by atoms with Crippen LogP contribution in [0, 0.1) is 6.92 Å². The Hall–Kier alpha value is -3.36. The molecule has 1 N–H and O–H groups in total. The van der Waals surface area contributed by atoms with Crippen LogP contribution in [-0.4, -0.2) is 35.4 Å². The predicted octanol–water partition coefficient (Wildman–Crippen LogP) is 4.85. The number of carbonyl (C=O) groups is 2. The number of ether oxygens (including phenoxy) is 2. The highest BCUT2D eigenvalue weighted by atomic mass is 35.5. The van der Waals surface area contributed by atoms with E-state index in [-0.39, 0.29) is 0 Å². The maximum Gasteiger partial charge on any atom is 0.348 e. The zero-order valence-corrected chi connectivity index (χ0v) is 18.3. The van der Waals surface area contributed by atoms with Crippen LogP contribution >= 0.6 is 22.9 Å². The Morgan fingerprint density at radius 1 is 1.16 bits per heavy atom. The van der Waals surface area contributed by atoms with Crippen molar-refractivity contribution in [1.29, 1.82) is 0 Å². The number of hydrogen-bond acceptors (Lipinski definition) is 6. The van der Waals surface area contributed by atoms with Gasteiger partial charge in [0.2, 0.25) is 0 Å². The first-order valence-electron chi connectivity index (χ1n) is 9.31. The standard InChI is InChI=1S/C22H18ClN3O4S/c1-13-16-11-19(31-21(16)26(25-13)15-7-5-6-14(23)10-15)22(28)30-12-20(27)24-17-8-3-4-9-18(17)29-2/h3-11H,12H2,1-2H3,(H,24,27). The molecule has 0 aliphatic rings. The number of aromatic nitrogens is 2. The van der Waals surface area contributed by atoms with Crippen LogP contribution in [-0.2, 0) is 9.53 Å². The molecule has 0 saturated heterocycles. The van der Waals surface area contributed by atoms with E-state index in [9.17, 15) is 9.59 Å². The van der Waals surface area contributed by atoms with Gasteiger partial charge in [-0.3, -0.25) is 4.79 Å². The lowest BCUT2D eigenvalue weighted by Gasteiger charge is -2.09. The molecule has 0 saturated carbocycles. The molecule has 2 heterocycles. The second-order valence-electron chi connectivity index (χ2n) is 6.63. The van der Waals surface area contributed by atoms with E-state index in [0.717, 1.165) is 21.6 Å². The monoisotopic (exact) mass is 455 g/mol. The van der Waals surface area contributed by atoms with Crippen LogP contribution in [0.2, 0.25) is 5.02 Å². The van der Waals surface area contributed by atoms with Crippen LogP contribution in [0.4, 0.5) is 5.69 Å². The summed E-state index contributed by atoms with van der Waals surface area (Å²) in [7, 11) is 1.51. The van der Waals surface area contributed by atoms with E-state index < -0.39 is 18.5 Å². The third kappa shape index (κ3) is 4.40. The molecule has 4 aromatic rings. The van der Waals surface area contributed by atoms with Crippen molar-refractivity contribution in [2.24, 2.45) is 0 Å². The van der Waals surface area contributed by atoms with Gasteiger partial charge in [0.25, 0.3) is 5.91 Å². The van der Waals surface area contributed by atoms with Gasteiger partial charge in [-0.25, -0.2) is 9.48 Å². The molecule has 0 radical (unpaired) electrons. The highest BCUT2D eigenvalue weighted by molar-refractivity contribution is 7.20. The molecule has 7 nitrogen and oxygen atoms in total. The van der Waals surface area contributed by atoms with Gasteiger partial charge in [-0.05, 0) is 43.3 Å². The molecule has 1 amide bonds. The number of rotatable bonds is 6. The van der Waals surface area contributed by atoms with Crippen molar-refractivity contribution in [2.75, 3.05) is 19.0 Å². The summed E-state index contributed by atoms with van der Waals surface area (Å²) in [5.41, 5.74) is 2.08. The first kappa shape index (κ1) is 20.9. The van der Waals surface area contributed by atoms with Crippen molar-refractivity contribution >= 4 is 50.7 Å². The average molecular weight is 456 g/mol. The van der Waals surface area contributed by atoms with Crippen molar-refractivity contribution in [3.63, 3.8) is 0 Å². The number of thiophene rings is 1. The summed E-state index contributed by atoms with van der Waals surface area (Å²) in [5, 5.41) is 8.65. The lowest BCUT2D eigenvalue weighted by Crippen LogP contribution is -2.20. The van der Waals surface area contributed by atoms with Crippen molar-refractivity contribution in [1.82, 2.24) is 9.78 Å². The van der Waals surface area contributed by atoms with Gasteiger partial charge >= 0.3 is 5.97 Å². The maximum absolute atomic E-state index is 12.5. The van der Waals surface area contributed by atoms with Crippen LogP contribution in [0.25, 0.3) is 15.9 Å². The van der Waals surface area contributed by atoms with Gasteiger partial charge in [0.1, 0.15) is 15.5 Å². The summed E-state index contributed by atoms with van der Waals surface area (Å²) in [6.07, 6.45) is 0. The molecular weight excluding hydrogens is 438 g/mol. The van der Waals surface area contributed by atoms with Gasteiger partial charge in [-0.2, -0.15) is 5.10 Å². The Morgan fingerprint density at radius 2 is 1.97 bits per heavy atom. The number of methoxy groups -OCH3 is 1. The van der Waals surface area contributed by atoms with Crippen molar-refractivity contribution in [2.45, 2.75) is 6.92 Å². The summed E-state index contributed by atoms with van der Waals surface area (Å²) < 4.78 is 12.1. The number of hydrogen-bond donors (Lipinski definition) is 1. The van der Waals surface area contributed by atoms with Gasteiger partial charge in [0.05, 0.1) is 24.2 Å². The smallest absolute Gasteiger partial charge is 0.348 e. The molecule has 0 atom stereocenters. The number of halogens is 1. The van der Waals surface area contributed by atoms with Crippen molar-refractivity contribution < 1.29 is 19.1 Å². The molecule has 31 heavy (non-hydrogen) atoms. The molecule has 2 aromatic heterocycles. The number of esters is 1. The van der Waals surface area contributed by atoms with E-state index in [2.05, 4.69) is 10.4 Å². The van der Waals surface area contributed by atoms with Crippen molar-refractivity contribution in [3.8, 4) is 11.4 Å². The Bertz CT molecular complexity index is 1280. The number of amides is 1. The number of anilines is 1. The summed E-state index contributed by atoms with van der Waals surface area (Å²) in [6.45, 7) is 1.45. The molecule has 0 fully saturated rings. The minimum absolute atomic E-state index is 0.386. The van der Waals surface area contributed by atoms with E-state index >= 15 is 0 Å². The van der Waals surface area contributed by atoms with Crippen LogP contribution in [0.1, 0.15) is 15.4 Å². The molecule has 0 unspecified atom stereocenters. The third-order valence-corrected chi connectivity index (χ3v) is 5.84. The summed E-state index contributed by atoms with van der Waals surface area (Å²) in [6, 6.07) is 16.0. The highest BCUT2D eigenvalue weighted by Gasteiger charge is 2.19. The fraction of sp³-hybridized carbons (Fsp3) is 0.136. The largest absolute Gasteiger partial charge is 0.495 e. The lowest BCUT2D eigenvalue weighted by molar-refractivity contribution is -0.119. The Kier molecular flexibility index (Phi) is 5.92. The first-order chi connectivity index (χ1) is 15.0. The molecule has 158 valence electrons. The van der Waals surface area contributed by atoms with E-state index in [0.29, 0.717) is 21.3 Å². The summed E-state index contributed by atoms with van der Waals surface area (Å²) in [5.74, 6) is -0.513. The quantitative estimate of drug-likeness (QED) is 0.420. The van der Waals surface area contributed by atoms with E-state index in [1.807, 2.05) is 19.1 Å². The number of carbonyl (C=O) groups excluding carboxylic acids is 2. The summed E-state index contributed by atoms with van der Waals surface area (Å²) in [4.78, 5) is 25.9. The second kappa shape index (κ2) is 8.79.